The SMILES string of the molecule is COC(=O)c1ccc(-c2cccc(Cl)c2)c(C=O)c1. The molecule has 4 heteroatoms. The Kier molecular flexibility index (Phi) is 3.97. The lowest BCUT2D eigenvalue weighted by Crippen LogP contribution is -2.02. The molecule has 0 atom stereocenters. The van der Waals surface area contributed by atoms with Gasteiger partial charge in [0.25, 0.3) is 0 Å². The molecule has 0 aliphatic heterocycles. The van der Waals surface area contributed by atoms with E-state index in [9.17, 15) is 9.59 Å². The van der Waals surface area contributed by atoms with Crippen molar-refractivity contribution in [2.45, 2.75) is 0 Å². The molecule has 0 fully saturated rings. The third-order valence-corrected chi connectivity index (χ3v) is 2.97. The fourth-order valence-electron chi connectivity index (χ4n) is 1.82. The summed E-state index contributed by atoms with van der Waals surface area (Å²) in [6.07, 6.45) is 0.711. The summed E-state index contributed by atoms with van der Waals surface area (Å²) in [6.45, 7) is 0. The molecule has 0 saturated carbocycles. The van der Waals surface area contributed by atoms with Crippen LogP contribution in [0.3, 0.4) is 0 Å². The number of rotatable bonds is 3. The van der Waals surface area contributed by atoms with Gasteiger partial charge in [0.15, 0.2) is 6.29 Å². The van der Waals surface area contributed by atoms with E-state index in [1.807, 2.05) is 6.07 Å². The second-order valence-corrected chi connectivity index (χ2v) is 4.36. The van der Waals surface area contributed by atoms with Crippen LogP contribution in [0.15, 0.2) is 42.5 Å². The maximum atomic E-state index is 11.4. The summed E-state index contributed by atoms with van der Waals surface area (Å²) in [5, 5.41) is 0.589. The quantitative estimate of drug-likeness (QED) is 0.634. The zero-order valence-electron chi connectivity index (χ0n) is 10.2. The summed E-state index contributed by atoms with van der Waals surface area (Å²) in [4.78, 5) is 22.6. The summed E-state index contributed by atoms with van der Waals surface area (Å²) < 4.78 is 4.62. The molecule has 0 aliphatic rings. The number of hydrogen-bond acceptors (Lipinski definition) is 3. The topological polar surface area (TPSA) is 43.4 Å². The van der Waals surface area contributed by atoms with E-state index < -0.39 is 5.97 Å². The Labute approximate surface area is 115 Å². The number of carbonyl (C=O) groups is 2. The molecule has 2 rings (SSSR count). The minimum atomic E-state index is -0.472. The van der Waals surface area contributed by atoms with Crippen molar-refractivity contribution in [2.24, 2.45) is 0 Å². The van der Waals surface area contributed by atoms with E-state index in [2.05, 4.69) is 4.74 Å². The second-order valence-electron chi connectivity index (χ2n) is 3.92. The molecular weight excluding hydrogens is 264 g/mol. The van der Waals surface area contributed by atoms with Gasteiger partial charge in [-0.2, -0.15) is 0 Å². The largest absolute Gasteiger partial charge is 0.465 e. The van der Waals surface area contributed by atoms with Gasteiger partial charge in [0, 0.05) is 10.6 Å². The molecule has 96 valence electrons. The lowest BCUT2D eigenvalue weighted by Gasteiger charge is -2.07. The monoisotopic (exact) mass is 274 g/mol. The molecule has 2 aromatic rings. The van der Waals surface area contributed by atoms with Gasteiger partial charge in [0.2, 0.25) is 0 Å². The smallest absolute Gasteiger partial charge is 0.337 e. The Morgan fingerprint density at radius 2 is 2.00 bits per heavy atom. The van der Waals surface area contributed by atoms with Crippen molar-refractivity contribution in [3.63, 3.8) is 0 Å². The summed E-state index contributed by atoms with van der Waals surface area (Å²) >= 11 is 5.93. The Hall–Kier alpha value is -2.13. The maximum absolute atomic E-state index is 11.4. The number of methoxy groups -OCH3 is 1. The van der Waals surface area contributed by atoms with Gasteiger partial charge in [0.1, 0.15) is 0 Å². The van der Waals surface area contributed by atoms with Gasteiger partial charge in [-0.3, -0.25) is 4.79 Å². The van der Waals surface area contributed by atoms with Gasteiger partial charge in [-0.15, -0.1) is 0 Å². The number of benzene rings is 2. The Bertz CT molecular complexity index is 635. The molecule has 0 aromatic heterocycles. The molecular formula is C15H11ClO3. The molecule has 0 aliphatic carbocycles. The number of aldehydes is 1. The molecule has 0 unspecified atom stereocenters. The molecule has 0 spiro atoms. The van der Waals surface area contributed by atoms with E-state index >= 15 is 0 Å². The third-order valence-electron chi connectivity index (χ3n) is 2.74. The normalized spacial score (nSPS) is 10.0. The average Bonchev–Trinajstić information content (AvgIpc) is 2.45. The molecule has 3 nitrogen and oxygen atoms in total. The van der Waals surface area contributed by atoms with Crippen LogP contribution in [0, 0.1) is 0 Å². The molecule has 0 amide bonds. The van der Waals surface area contributed by atoms with Crippen molar-refractivity contribution < 1.29 is 14.3 Å². The zero-order valence-corrected chi connectivity index (χ0v) is 11.0. The highest BCUT2D eigenvalue weighted by atomic mass is 35.5. The first-order chi connectivity index (χ1) is 9.15. The lowest BCUT2D eigenvalue weighted by molar-refractivity contribution is 0.0600. The Morgan fingerprint density at radius 1 is 1.21 bits per heavy atom. The fraction of sp³-hybridized carbons (Fsp3) is 0.0667. The number of ether oxygens (including phenoxy) is 1. The minimum Gasteiger partial charge on any atom is -0.465 e. The van der Waals surface area contributed by atoms with Crippen LogP contribution in [0.1, 0.15) is 20.7 Å². The zero-order chi connectivity index (χ0) is 13.8. The molecule has 0 radical (unpaired) electrons. The van der Waals surface area contributed by atoms with E-state index in [1.54, 1.807) is 30.3 Å². The summed E-state index contributed by atoms with van der Waals surface area (Å²) in [5.74, 6) is -0.472. The van der Waals surface area contributed by atoms with Crippen molar-refractivity contribution >= 4 is 23.9 Å². The number of esters is 1. The van der Waals surface area contributed by atoms with Crippen LogP contribution in [-0.2, 0) is 4.74 Å². The van der Waals surface area contributed by atoms with Crippen LogP contribution in [-0.4, -0.2) is 19.4 Å². The van der Waals surface area contributed by atoms with Gasteiger partial charge in [-0.1, -0.05) is 29.8 Å². The molecule has 0 saturated heterocycles. The van der Waals surface area contributed by atoms with Gasteiger partial charge in [-0.05, 0) is 35.4 Å². The van der Waals surface area contributed by atoms with E-state index in [4.69, 9.17) is 11.6 Å². The highest BCUT2D eigenvalue weighted by Gasteiger charge is 2.10. The first-order valence-electron chi connectivity index (χ1n) is 5.59. The van der Waals surface area contributed by atoms with Crippen LogP contribution in [0.25, 0.3) is 11.1 Å². The predicted octanol–water partition coefficient (Wildman–Crippen LogP) is 3.61. The number of hydrogen-bond donors (Lipinski definition) is 0. The van der Waals surface area contributed by atoms with Crippen molar-refractivity contribution in [3.05, 3.63) is 58.6 Å². The Morgan fingerprint density at radius 3 is 2.63 bits per heavy atom. The van der Waals surface area contributed by atoms with E-state index in [1.165, 1.54) is 13.2 Å². The first-order valence-corrected chi connectivity index (χ1v) is 5.97. The van der Waals surface area contributed by atoms with E-state index in [-0.39, 0.29) is 0 Å². The minimum absolute atomic E-state index is 0.343. The highest BCUT2D eigenvalue weighted by Crippen LogP contribution is 2.26. The predicted molar refractivity (Wildman–Crippen MR) is 73.6 cm³/mol. The fourth-order valence-corrected chi connectivity index (χ4v) is 2.01. The van der Waals surface area contributed by atoms with Crippen molar-refractivity contribution in [3.8, 4) is 11.1 Å². The molecule has 0 bridgehead atoms. The average molecular weight is 275 g/mol. The van der Waals surface area contributed by atoms with Crippen LogP contribution in [0.4, 0.5) is 0 Å². The van der Waals surface area contributed by atoms with Crippen LogP contribution in [0.2, 0.25) is 5.02 Å². The lowest BCUT2D eigenvalue weighted by atomic mass is 9.98. The summed E-state index contributed by atoms with van der Waals surface area (Å²) in [6, 6.07) is 12.0. The van der Waals surface area contributed by atoms with Gasteiger partial charge < -0.3 is 4.74 Å². The third kappa shape index (κ3) is 2.83. The number of halogens is 1. The molecule has 19 heavy (non-hydrogen) atoms. The van der Waals surface area contributed by atoms with Crippen molar-refractivity contribution in [1.82, 2.24) is 0 Å². The summed E-state index contributed by atoms with van der Waals surface area (Å²) in [5.41, 5.74) is 2.32. The highest BCUT2D eigenvalue weighted by molar-refractivity contribution is 6.30. The second kappa shape index (κ2) is 5.67. The van der Waals surface area contributed by atoms with Crippen LogP contribution < -0.4 is 0 Å². The number of carbonyl (C=O) groups excluding carboxylic acids is 2. The molecule has 0 N–H and O–H groups in total. The van der Waals surface area contributed by atoms with E-state index in [0.29, 0.717) is 22.4 Å². The van der Waals surface area contributed by atoms with Gasteiger partial charge in [0.05, 0.1) is 12.7 Å². The Balaban J connectivity index is 2.53. The van der Waals surface area contributed by atoms with E-state index in [0.717, 1.165) is 11.1 Å². The van der Waals surface area contributed by atoms with Gasteiger partial charge >= 0.3 is 5.97 Å². The summed E-state index contributed by atoms with van der Waals surface area (Å²) in [7, 11) is 1.30. The molecule has 0 heterocycles. The van der Waals surface area contributed by atoms with Crippen LogP contribution in [0.5, 0.6) is 0 Å². The standard InChI is InChI=1S/C15H11ClO3/c1-19-15(18)11-5-6-14(12(7-11)9-17)10-3-2-4-13(16)8-10/h2-9H,1H3. The van der Waals surface area contributed by atoms with Crippen molar-refractivity contribution in [2.75, 3.05) is 7.11 Å². The maximum Gasteiger partial charge on any atom is 0.337 e. The van der Waals surface area contributed by atoms with Crippen LogP contribution >= 0.6 is 11.6 Å². The van der Waals surface area contributed by atoms with Crippen molar-refractivity contribution in [1.29, 1.82) is 0 Å². The first kappa shape index (κ1) is 13.3. The molecule has 2 aromatic carbocycles. The van der Waals surface area contributed by atoms with Gasteiger partial charge in [-0.25, -0.2) is 4.79 Å².